The van der Waals surface area contributed by atoms with Crippen LogP contribution in [0.3, 0.4) is 0 Å². The fourth-order valence-corrected chi connectivity index (χ4v) is 8.45. The van der Waals surface area contributed by atoms with Crippen LogP contribution in [-0.2, 0) is 98.5 Å². The average molecular weight is 1480 g/mol. The number of carbonyl (C=O) groups is 3. The van der Waals surface area contributed by atoms with Crippen LogP contribution in [0.5, 0.6) is 0 Å². The number of hydrogen-bond acceptors (Lipinski definition) is 33. The molecule has 0 fully saturated rings. The molecule has 0 saturated heterocycles. The first-order chi connectivity index (χ1) is 45.3. The number of amides is 3. The van der Waals surface area contributed by atoms with E-state index < -0.39 is 142 Å². The van der Waals surface area contributed by atoms with Crippen molar-refractivity contribution in [1.29, 1.82) is 0 Å². The van der Waals surface area contributed by atoms with Gasteiger partial charge in [0.25, 0.3) is 0 Å². The van der Waals surface area contributed by atoms with Crippen LogP contribution in [0.2, 0.25) is 0 Å². The van der Waals surface area contributed by atoms with Crippen LogP contribution in [0, 0.1) is 5.92 Å². The highest BCUT2D eigenvalue weighted by molar-refractivity contribution is 7.46. The van der Waals surface area contributed by atoms with Gasteiger partial charge in [0.1, 0.15) is 36.6 Å². The van der Waals surface area contributed by atoms with Crippen molar-refractivity contribution >= 4 is 41.2 Å². The lowest BCUT2D eigenvalue weighted by Gasteiger charge is -2.26. The minimum atomic E-state index is -4.81. The molecule has 0 aromatic heterocycles. The van der Waals surface area contributed by atoms with E-state index in [0.717, 1.165) is 0 Å². The molecule has 14 unspecified atom stereocenters. The lowest BCUT2D eigenvalue weighted by atomic mass is 10.0. The zero-order chi connectivity index (χ0) is 72.4. The highest BCUT2D eigenvalue weighted by Crippen LogP contribution is 2.37. The monoisotopic (exact) mass is 1480 g/mol. The zero-order valence-corrected chi connectivity index (χ0v) is 56.1. The molecule has 96 heavy (non-hydrogen) atoms. The van der Waals surface area contributed by atoms with Gasteiger partial charge in [-0.25, -0.2) is 13.7 Å². The second kappa shape index (κ2) is 56.3. The van der Waals surface area contributed by atoms with Crippen LogP contribution in [0.4, 0.5) is 0 Å². The van der Waals surface area contributed by atoms with Gasteiger partial charge < -0.3 is 163 Å². The number of aliphatic hydroxyl groups is 12. The Morgan fingerprint density at radius 2 is 0.583 bits per heavy atom. The van der Waals surface area contributed by atoms with Crippen molar-refractivity contribution in [2.75, 3.05) is 172 Å². The van der Waals surface area contributed by atoms with Gasteiger partial charge in [-0.05, 0) is 25.7 Å². The number of aliphatic hydroxyl groups excluding tert-OH is 12. The van der Waals surface area contributed by atoms with Crippen LogP contribution < -0.4 is 16.0 Å². The average Bonchev–Trinajstić information content (AvgIpc) is 3.66. The Morgan fingerprint density at radius 3 is 0.896 bits per heavy atom. The largest absolute Gasteiger partial charge is 0.469 e. The molecule has 0 radical (unpaired) electrons. The second-order valence-electron chi connectivity index (χ2n) is 20.6. The fraction of sp³-hybridized carbons (Fsp3) is 0.941. The summed E-state index contributed by atoms with van der Waals surface area (Å²) in [6, 6.07) is 0. The summed E-state index contributed by atoms with van der Waals surface area (Å²) in [4.78, 5) is 89.6. The number of phosphoric acid groups is 3. The van der Waals surface area contributed by atoms with Crippen molar-refractivity contribution in [1.82, 2.24) is 16.0 Å². The number of carbonyl (C=O) groups excluding carboxylic acids is 3. The van der Waals surface area contributed by atoms with Crippen molar-refractivity contribution in [3.63, 3.8) is 0 Å². The van der Waals surface area contributed by atoms with Gasteiger partial charge in [-0.15, -0.1) is 0 Å². The Morgan fingerprint density at radius 1 is 0.312 bits per heavy atom. The number of hydrogen-bond donors (Lipinski definition) is 21. The first-order valence-corrected chi connectivity index (χ1v) is 35.0. The van der Waals surface area contributed by atoms with Crippen molar-refractivity contribution < 1.29 is 189 Å². The van der Waals surface area contributed by atoms with Gasteiger partial charge in [0.2, 0.25) is 17.7 Å². The Labute approximate surface area is 554 Å². The van der Waals surface area contributed by atoms with Crippen LogP contribution in [0.25, 0.3) is 0 Å². The van der Waals surface area contributed by atoms with Crippen LogP contribution >= 0.6 is 23.5 Å². The lowest BCUT2D eigenvalue weighted by Crippen LogP contribution is -2.46. The molecule has 0 aliphatic heterocycles. The van der Waals surface area contributed by atoms with Crippen molar-refractivity contribution in [2.24, 2.45) is 5.92 Å². The highest BCUT2D eigenvalue weighted by Gasteiger charge is 2.34. The summed E-state index contributed by atoms with van der Waals surface area (Å²) >= 11 is 0. The van der Waals surface area contributed by atoms with Gasteiger partial charge in [-0.1, -0.05) is 6.92 Å². The smallest absolute Gasteiger partial charge is 0.390 e. The Balaban J connectivity index is 4.73. The molecule has 21 N–H and O–H groups in total. The molecular formula is C51H104N3O39P3. The molecule has 45 heteroatoms. The van der Waals surface area contributed by atoms with Gasteiger partial charge >= 0.3 is 23.5 Å². The third-order valence-corrected chi connectivity index (χ3v) is 14.2. The summed E-state index contributed by atoms with van der Waals surface area (Å²) in [6.45, 7) is 0.998. The van der Waals surface area contributed by atoms with E-state index in [1.807, 2.05) is 6.92 Å². The summed E-state index contributed by atoms with van der Waals surface area (Å²) in [7, 11) is -14.4. The Bertz CT molecular complexity index is 2090. The van der Waals surface area contributed by atoms with E-state index in [-0.39, 0.29) is 195 Å². The van der Waals surface area contributed by atoms with Crippen molar-refractivity contribution in [3.05, 3.63) is 0 Å². The van der Waals surface area contributed by atoms with Gasteiger partial charge in [0.05, 0.1) is 170 Å². The normalized spacial score (nSPS) is 16.9. The van der Waals surface area contributed by atoms with Gasteiger partial charge in [0.15, 0.2) is 18.9 Å². The molecule has 0 aromatic carbocycles. The van der Waals surface area contributed by atoms with Gasteiger partial charge in [0, 0.05) is 51.4 Å². The van der Waals surface area contributed by atoms with E-state index in [1.165, 1.54) is 0 Å². The molecule has 14 atom stereocenters. The van der Waals surface area contributed by atoms with Crippen LogP contribution in [0.15, 0.2) is 0 Å². The first kappa shape index (κ1) is 93.8. The van der Waals surface area contributed by atoms with E-state index >= 15 is 0 Å². The molecule has 0 aliphatic carbocycles. The maximum atomic E-state index is 12.6. The van der Waals surface area contributed by atoms with Gasteiger partial charge in [-0.3, -0.25) is 28.0 Å². The minimum absolute atomic E-state index is 0.00858. The number of ether oxygens (including phenoxy) is 12. The molecular weight excluding hydrogens is 1370 g/mol. The van der Waals surface area contributed by atoms with Crippen LogP contribution in [-0.4, -0.2) is 360 Å². The molecule has 0 aromatic rings. The number of phosphoric ester groups is 3. The summed E-state index contributed by atoms with van der Waals surface area (Å²) in [5.41, 5.74) is 0. The summed E-state index contributed by atoms with van der Waals surface area (Å²) in [5.74, 6) is -1.24. The first-order valence-electron chi connectivity index (χ1n) is 30.4. The second-order valence-corrected chi connectivity index (χ2v) is 24.3. The molecule has 0 saturated carbocycles. The molecule has 0 heterocycles. The standard InChI is InChI=1S/C51H104N3O39P3/c1-35(34-86-14-7-41(59)53-10-20-81-23-26-84-29-32-89-50(68)47(65)44(62)37(56)3-17-92-95(73,74)75)39(87-15-8-42(60)54-11-21-82-24-27-85-30-33-90-51(69)48(66)45(63)38(57)4-18-93-96(76,77)78)5-12-79-13-6-40(58)52-9-19-80-22-25-83-28-31-88-49(67)46(64)43(61)36(55)2-16-91-94(70,71)72/h35-39,43-51,55-57,61-69H,2-34H2,1H3,(H,52,58)(H,53,59)(H,54,60)(H2,70,71,72)(H2,73,74,75)(H2,76,77,78). The predicted octanol–water partition coefficient (Wildman–Crippen LogP) is -8.20. The molecule has 3 amide bonds. The van der Waals surface area contributed by atoms with E-state index in [9.17, 15) is 89.4 Å². The summed E-state index contributed by atoms with van der Waals surface area (Å²) in [5, 5.41) is 127. The molecule has 572 valence electrons. The maximum absolute atomic E-state index is 12.6. The zero-order valence-electron chi connectivity index (χ0n) is 53.4. The van der Waals surface area contributed by atoms with Gasteiger partial charge in [-0.2, -0.15) is 0 Å². The quantitative estimate of drug-likeness (QED) is 0.0153. The van der Waals surface area contributed by atoms with E-state index in [1.54, 1.807) is 0 Å². The predicted molar refractivity (Wildman–Crippen MR) is 321 cm³/mol. The van der Waals surface area contributed by atoms with E-state index in [0.29, 0.717) is 6.42 Å². The Kier molecular flexibility index (Phi) is 55.0. The molecule has 0 rings (SSSR count). The number of nitrogens with one attached hydrogen (secondary N) is 3. The highest BCUT2D eigenvalue weighted by atomic mass is 31.2. The van der Waals surface area contributed by atoms with Crippen LogP contribution in [0.1, 0.15) is 51.9 Å². The summed E-state index contributed by atoms with van der Waals surface area (Å²) in [6.07, 6.45) is -24.1. The van der Waals surface area contributed by atoms with E-state index in [2.05, 4.69) is 29.5 Å². The Hall–Kier alpha value is -2.22. The number of rotatable bonds is 67. The summed E-state index contributed by atoms with van der Waals surface area (Å²) < 4.78 is 109. The SMILES string of the molecule is CC(COCCC(=O)NCCOCCOCCOC(O)C(O)C(O)C(O)CCOP(=O)(O)O)C(CCOCCC(=O)NCCOCCOCCOC(O)C(O)C(O)C(O)CCOP(=O)(O)O)OCCC(=O)NCCOCCOCCOC(O)C(O)C(O)C(O)CCOP(=O)(O)O. The van der Waals surface area contributed by atoms with Crippen molar-refractivity contribution in [2.45, 2.75) is 132 Å². The molecule has 42 nitrogen and oxygen atoms in total. The fourth-order valence-electron chi connectivity index (χ4n) is 7.42. The molecule has 0 bridgehead atoms. The minimum Gasteiger partial charge on any atom is -0.390 e. The molecule has 0 spiro atoms. The third kappa shape index (κ3) is 53.6. The third-order valence-electron chi connectivity index (χ3n) is 12.7. The lowest BCUT2D eigenvalue weighted by molar-refractivity contribution is -0.207. The van der Waals surface area contributed by atoms with Crippen molar-refractivity contribution in [3.8, 4) is 0 Å². The maximum Gasteiger partial charge on any atom is 0.469 e. The molecule has 0 aliphatic rings. The topological polar surface area (TPSA) is 641 Å². The van der Waals surface area contributed by atoms with E-state index in [4.69, 9.17) is 86.2 Å².